The first kappa shape index (κ1) is 16.3. The van der Waals surface area contributed by atoms with Gasteiger partial charge in [0.2, 0.25) is 0 Å². The number of nitrogens with one attached hydrogen (secondary N) is 1. The summed E-state index contributed by atoms with van der Waals surface area (Å²) in [6, 6.07) is 15.2. The lowest BCUT2D eigenvalue weighted by atomic mass is 10.2. The molecule has 0 spiro atoms. The highest BCUT2D eigenvalue weighted by molar-refractivity contribution is 8.93. The lowest BCUT2D eigenvalue weighted by molar-refractivity contribution is 1.38. The third kappa shape index (κ3) is 3.98. The van der Waals surface area contributed by atoms with E-state index in [1.807, 2.05) is 53.9 Å². The normalized spacial score (nSPS) is 10.0. The SMILES string of the molecule is Br.Clc1ccc(-c2csc(Nc3ccccc3Cl)n2)cc1. The molecule has 1 aromatic heterocycles. The van der Waals surface area contributed by atoms with Gasteiger partial charge in [0.1, 0.15) is 0 Å². The fraction of sp³-hybridized carbons (Fsp3) is 0. The summed E-state index contributed by atoms with van der Waals surface area (Å²) in [5, 5.41) is 7.43. The van der Waals surface area contributed by atoms with E-state index >= 15 is 0 Å². The van der Waals surface area contributed by atoms with E-state index in [4.69, 9.17) is 23.2 Å². The summed E-state index contributed by atoms with van der Waals surface area (Å²) in [6.45, 7) is 0. The topological polar surface area (TPSA) is 24.9 Å². The average molecular weight is 402 g/mol. The smallest absolute Gasteiger partial charge is 0.187 e. The maximum Gasteiger partial charge on any atom is 0.187 e. The quantitative estimate of drug-likeness (QED) is 0.546. The standard InChI is InChI=1S/C15H10Cl2N2S.BrH/c16-11-7-5-10(6-8-11)14-9-20-15(19-14)18-13-4-2-1-3-12(13)17;/h1-9H,(H,18,19);1H. The van der Waals surface area contributed by atoms with Gasteiger partial charge >= 0.3 is 0 Å². The Labute approximate surface area is 147 Å². The molecule has 1 heterocycles. The molecule has 0 bridgehead atoms. The Bertz CT molecular complexity index is 729. The number of halogens is 3. The summed E-state index contributed by atoms with van der Waals surface area (Å²) in [5.41, 5.74) is 2.81. The van der Waals surface area contributed by atoms with Crippen molar-refractivity contribution in [3.63, 3.8) is 0 Å². The number of nitrogens with zero attached hydrogens (tertiary/aromatic N) is 1. The van der Waals surface area contributed by atoms with E-state index < -0.39 is 0 Å². The molecule has 0 atom stereocenters. The van der Waals surface area contributed by atoms with Crippen LogP contribution in [0.2, 0.25) is 10.0 Å². The van der Waals surface area contributed by atoms with Crippen LogP contribution >= 0.6 is 51.5 Å². The summed E-state index contributed by atoms with van der Waals surface area (Å²) >= 11 is 13.5. The molecule has 0 saturated heterocycles. The highest BCUT2D eigenvalue weighted by Gasteiger charge is 2.06. The second-order valence-electron chi connectivity index (χ2n) is 4.15. The van der Waals surface area contributed by atoms with E-state index in [1.54, 1.807) is 0 Å². The lowest BCUT2D eigenvalue weighted by Crippen LogP contribution is -1.90. The third-order valence-corrected chi connectivity index (χ3v) is 4.10. The Morgan fingerprint density at radius 2 is 1.67 bits per heavy atom. The van der Waals surface area contributed by atoms with Crippen molar-refractivity contribution in [3.05, 3.63) is 64.0 Å². The number of anilines is 2. The maximum absolute atomic E-state index is 6.12. The molecule has 108 valence electrons. The largest absolute Gasteiger partial charge is 0.330 e. The molecule has 2 nitrogen and oxygen atoms in total. The van der Waals surface area contributed by atoms with Crippen LogP contribution in [0.3, 0.4) is 0 Å². The fourth-order valence-corrected chi connectivity index (χ4v) is 2.80. The number of thiazole rings is 1. The number of para-hydroxylation sites is 1. The Morgan fingerprint density at radius 3 is 2.38 bits per heavy atom. The van der Waals surface area contributed by atoms with Crippen LogP contribution in [0.25, 0.3) is 11.3 Å². The fourth-order valence-electron chi connectivity index (χ4n) is 1.76. The Balaban J connectivity index is 0.00000161. The minimum absolute atomic E-state index is 0. The second-order valence-corrected chi connectivity index (χ2v) is 5.85. The van der Waals surface area contributed by atoms with Crippen molar-refractivity contribution >= 4 is 62.3 Å². The van der Waals surface area contributed by atoms with Crippen molar-refractivity contribution in [1.82, 2.24) is 4.98 Å². The summed E-state index contributed by atoms with van der Waals surface area (Å²) in [5.74, 6) is 0. The molecule has 6 heteroatoms. The molecule has 3 aromatic rings. The molecule has 0 saturated carbocycles. The monoisotopic (exact) mass is 400 g/mol. The molecule has 0 unspecified atom stereocenters. The molecule has 0 fully saturated rings. The predicted molar refractivity (Wildman–Crippen MR) is 97.6 cm³/mol. The van der Waals surface area contributed by atoms with Crippen LogP contribution in [0.5, 0.6) is 0 Å². The number of rotatable bonds is 3. The van der Waals surface area contributed by atoms with Gasteiger partial charge in [-0.25, -0.2) is 4.98 Å². The molecule has 0 radical (unpaired) electrons. The molecule has 21 heavy (non-hydrogen) atoms. The van der Waals surface area contributed by atoms with Gasteiger partial charge in [0.15, 0.2) is 5.13 Å². The van der Waals surface area contributed by atoms with Crippen molar-refractivity contribution in [2.75, 3.05) is 5.32 Å². The van der Waals surface area contributed by atoms with Crippen LogP contribution in [-0.2, 0) is 0 Å². The van der Waals surface area contributed by atoms with Gasteiger partial charge in [0, 0.05) is 16.0 Å². The van der Waals surface area contributed by atoms with Crippen LogP contribution in [0.1, 0.15) is 0 Å². The van der Waals surface area contributed by atoms with Crippen molar-refractivity contribution in [2.45, 2.75) is 0 Å². The summed E-state index contributed by atoms with van der Waals surface area (Å²) in [7, 11) is 0. The molecular formula is C15H11BrCl2N2S. The molecule has 0 aliphatic rings. The van der Waals surface area contributed by atoms with Gasteiger partial charge in [-0.1, -0.05) is 47.5 Å². The van der Waals surface area contributed by atoms with Crippen molar-refractivity contribution in [1.29, 1.82) is 0 Å². The van der Waals surface area contributed by atoms with Gasteiger partial charge < -0.3 is 5.32 Å². The lowest BCUT2D eigenvalue weighted by Gasteiger charge is -2.04. The highest BCUT2D eigenvalue weighted by atomic mass is 79.9. The Hall–Kier alpha value is -1.07. The van der Waals surface area contributed by atoms with Gasteiger partial charge in [0.25, 0.3) is 0 Å². The summed E-state index contributed by atoms with van der Waals surface area (Å²) in [6.07, 6.45) is 0. The maximum atomic E-state index is 6.12. The molecule has 1 N–H and O–H groups in total. The van der Waals surface area contributed by atoms with Crippen molar-refractivity contribution in [2.24, 2.45) is 0 Å². The average Bonchev–Trinajstić information content (AvgIpc) is 2.91. The van der Waals surface area contributed by atoms with Gasteiger partial charge in [0.05, 0.1) is 16.4 Å². The minimum Gasteiger partial charge on any atom is -0.330 e. The highest BCUT2D eigenvalue weighted by Crippen LogP contribution is 2.30. The van der Waals surface area contributed by atoms with E-state index in [-0.39, 0.29) is 17.0 Å². The van der Waals surface area contributed by atoms with Crippen LogP contribution in [0.15, 0.2) is 53.9 Å². The first-order valence-corrected chi connectivity index (χ1v) is 7.59. The van der Waals surface area contributed by atoms with E-state index in [0.29, 0.717) is 5.02 Å². The third-order valence-electron chi connectivity index (χ3n) is 2.76. The van der Waals surface area contributed by atoms with Crippen molar-refractivity contribution < 1.29 is 0 Å². The van der Waals surface area contributed by atoms with Crippen LogP contribution in [0.4, 0.5) is 10.8 Å². The van der Waals surface area contributed by atoms with E-state index in [1.165, 1.54) is 11.3 Å². The van der Waals surface area contributed by atoms with Crippen LogP contribution < -0.4 is 5.32 Å². The van der Waals surface area contributed by atoms with Gasteiger partial charge in [-0.05, 0) is 24.3 Å². The summed E-state index contributed by atoms with van der Waals surface area (Å²) in [4.78, 5) is 4.55. The molecule has 3 rings (SSSR count). The molecule has 0 aliphatic carbocycles. The zero-order valence-electron chi connectivity index (χ0n) is 10.7. The summed E-state index contributed by atoms with van der Waals surface area (Å²) < 4.78 is 0. The first-order chi connectivity index (χ1) is 9.72. The molecule has 2 aromatic carbocycles. The second kappa shape index (κ2) is 7.27. The molecule has 0 aliphatic heterocycles. The van der Waals surface area contributed by atoms with Crippen LogP contribution in [0, 0.1) is 0 Å². The Morgan fingerprint density at radius 1 is 0.952 bits per heavy atom. The number of aromatic nitrogens is 1. The number of hydrogen-bond donors (Lipinski definition) is 1. The minimum atomic E-state index is 0. The molecule has 0 amide bonds. The number of hydrogen-bond acceptors (Lipinski definition) is 3. The number of benzene rings is 2. The Kier molecular flexibility index (Phi) is 5.65. The van der Waals surface area contributed by atoms with Gasteiger partial charge in [-0.3, -0.25) is 0 Å². The zero-order valence-corrected chi connectivity index (χ0v) is 14.8. The molecular weight excluding hydrogens is 391 g/mol. The van der Waals surface area contributed by atoms with Gasteiger partial charge in [-0.2, -0.15) is 0 Å². The van der Waals surface area contributed by atoms with E-state index in [2.05, 4.69) is 10.3 Å². The van der Waals surface area contributed by atoms with E-state index in [9.17, 15) is 0 Å². The first-order valence-electron chi connectivity index (χ1n) is 5.95. The van der Waals surface area contributed by atoms with Gasteiger partial charge in [-0.15, -0.1) is 28.3 Å². The van der Waals surface area contributed by atoms with Crippen molar-refractivity contribution in [3.8, 4) is 11.3 Å². The van der Waals surface area contributed by atoms with E-state index in [0.717, 1.165) is 27.1 Å². The predicted octanol–water partition coefficient (Wildman–Crippen LogP) is 6.44. The van der Waals surface area contributed by atoms with Crippen LogP contribution in [-0.4, -0.2) is 4.98 Å². The zero-order chi connectivity index (χ0) is 13.9.